The molecule has 0 radical (unpaired) electrons. The van der Waals surface area contributed by atoms with E-state index in [4.69, 9.17) is 27.9 Å². The Balaban J connectivity index is 1.99. The van der Waals surface area contributed by atoms with Gasteiger partial charge in [-0.05, 0) is 29.8 Å². The first-order chi connectivity index (χ1) is 10.1. The number of ether oxygens (including phenoxy) is 1. The van der Waals surface area contributed by atoms with Crippen LogP contribution in [0.3, 0.4) is 0 Å². The zero-order valence-electron chi connectivity index (χ0n) is 10.7. The predicted molar refractivity (Wildman–Crippen MR) is 83.5 cm³/mol. The average Bonchev–Trinajstić information content (AvgIpc) is 2.86. The summed E-state index contributed by atoms with van der Waals surface area (Å²) in [7, 11) is 0. The smallest absolute Gasteiger partial charge is 0.363 e. The van der Waals surface area contributed by atoms with Crippen molar-refractivity contribution in [1.82, 2.24) is 0 Å². The maximum atomic E-state index is 11.9. The van der Waals surface area contributed by atoms with Gasteiger partial charge in [-0.15, -0.1) is 0 Å². The van der Waals surface area contributed by atoms with Crippen molar-refractivity contribution in [3.8, 4) is 0 Å². The fraction of sp³-hybridized carbons (Fsp3) is 0. The Morgan fingerprint density at radius 1 is 1.00 bits per heavy atom. The van der Waals surface area contributed by atoms with E-state index in [1.165, 1.54) is 0 Å². The predicted octanol–water partition coefficient (Wildman–Crippen LogP) is 4.34. The molecule has 2 aromatic rings. The minimum absolute atomic E-state index is 0.193. The minimum Gasteiger partial charge on any atom is -0.402 e. The van der Waals surface area contributed by atoms with Crippen LogP contribution >= 0.6 is 23.2 Å². The third kappa shape index (κ3) is 2.84. The van der Waals surface area contributed by atoms with Crippen molar-refractivity contribution in [3.63, 3.8) is 0 Å². The summed E-state index contributed by atoms with van der Waals surface area (Å²) in [5.41, 5.74) is 1.55. The van der Waals surface area contributed by atoms with Crippen molar-refractivity contribution in [2.75, 3.05) is 0 Å². The first-order valence-corrected chi connectivity index (χ1v) is 6.93. The lowest BCUT2D eigenvalue weighted by atomic mass is 10.2. The van der Waals surface area contributed by atoms with Gasteiger partial charge in [-0.1, -0.05) is 53.5 Å². The second-order valence-electron chi connectivity index (χ2n) is 4.35. The first kappa shape index (κ1) is 13.9. The van der Waals surface area contributed by atoms with Crippen molar-refractivity contribution >= 4 is 41.1 Å². The van der Waals surface area contributed by atoms with Crippen LogP contribution in [0.1, 0.15) is 11.1 Å². The van der Waals surface area contributed by atoms with Gasteiger partial charge in [-0.25, -0.2) is 9.79 Å². The quantitative estimate of drug-likeness (QED) is 0.610. The monoisotopic (exact) mass is 317 g/mol. The molecule has 0 saturated heterocycles. The molecular weight excluding hydrogens is 309 g/mol. The van der Waals surface area contributed by atoms with E-state index in [-0.39, 0.29) is 11.6 Å². The summed E-state index contributed by atoms with van der Waals surface area (Å²) in [5, 5.41) is 0.799. The molecule has 1 heterocycles. The fourth-order valence-electron chi connectivity index (χ4n) is 1.89. The molecule has 0 spiro atoms. The van der Waals surface area contributed by atoms with Gasteiger partial charge in [0.1, 0.15) is 0 Å². The molecule has 0 saturated carbocycles. The number of rotatable bonds is 2. The molecule has 104 valence electrons. The third-order valence-electron chi connectivity index (χ3n) is 2.91. The largest absolute Gasteiger partial charge is 0.402 e. The molecule has 0 aromatic heterocycles. The highest BCUT2D eigenvalue weighted by atomic mass is 35.5. The van der Waals surface area contributed by atoms with Gasteiger partial charge in [0.2, 0.25) is 5.90 Å². The van der Waals surface area contributed by atoms with Crippen molar-refractivity contribution in [1.29, 1.82) is 0 Å². The van der Waals surface area contributed by atoms with E-state index in [0.29, 0.717) is 15.6 Å². The highest BCUT2D eigenvalue weighted by molar-refractivity contribution is 6.43. The second-order valence-corrected chi connectivity index (χ2v) is 5.13. The van der Waals surface area contributed by atoms with Gasteiger partial charge in [-0.2, -0.15) is 0 Å². The van der Waals surface area contributed by atoms with Gasteiger partial charge in [0.15, 0.2) is 5.70 Å². The number of halogens is 2. The minimum atomic E-state index is -0.509. The molecule has 0 unspecified atom stereocenters. The van der Waals surface area contributed by atoms with Gasteiger partial charge in [0.25, 0.3) is 0 Å². The highest BCUT2D eigenvalue weighted by Gasteiger charge is 2.24. The number of esters is 1. The van der Waals surface area contributed by atoms with Gasteiger partial charge < -0.3 is 4.74 Å². The molecular formula is C16H9Cl2NO2. The standard InChI is InChI=1S/C16H9Cl2NO2/c17-12-8-4-7-11(14(12)18)9-13-16(20)21-15(19-13)10-5-2-1-3-6-10/h1-9H/b13-9+. The molecule has 1 aliphatic rings. The van der Waals surface area contributed by atoms with Crippen molar-refractivity contribution < 1.29 is 9.53 Å². The number of hydrogen-bond acceptors (Lipinski definition) is 3. The summed E-state index contributed by atoms with van der Waals surface area (Å²) >= 11 is 12.0. The summed E-state index contributed by atoms with van der Waals surface area (Å²) < 4.78 is 5.17. The second kappa shape index (κ2) is 5.72. The maximum Gasteiger partial charge on any atom is 0.363 e. The number of carbonyl (C=O) groups is 1. The van der Waals surface area contributed by atoms with Crippen LogP contribution in [0.5, 0.6) is 0 Å². The zero-order chi connectivity index (χ0) is 14.8. The summed E-state index contributed by atoms with van der Waals surface area (Å²) in [6.07, 6.45) is 1.56. The van der Waals surface area contributed by atoms with Crippen molar-refractivity contribution in [3.05, 3.63) is 75.4 Å². The topological polar surface area (TPSA) is 38.7 Å². The van der Waals surface area contributed by atoms with E-state index in [1.807, 2.05) is 30.3 Å². The van der Waals surface area contributed by atoms with Gasteiger partial charge in [-0.3, -0.25) is 0 Å². The third-order valence-corrected chi connectivity index (χ3v) is 3.75. The summed E-state index contributed by atoms with van der Waals surface area (Å²) in [6, 6.07) is 14.4. The van der Waals surface area contributed by atoms with Crippen LogP contribution in [-0.2, 0) is 9.53 Å². The van der Waals surface area contributed by atoms with Gasteiger partial charge in [0.05, 0.1) is 10.0 Å². The number of carbonyl (C=O) groups excluding carboxylic acids is 1. The Kier molecular flexibility index (Phi) is 3.78. The van der Waals surface area contributed by atoms with E-state index in [1.54, 1.807) is 24.3 Å². The van der Waals surface area contributed by atoms with Gasteiger partial charge >= 0.3 is 5.97 Å². The van der Waals surface area contributed by atoms with Crippen molar-refractivity contribution in [2.45, 2.75) is 0 Å². The molecule has 0 fully saturated rings. The Hall–Kier alpha value is -2.10. The van der Waals surface area contributed by atoms with Crippen LogP contribution in [0.4, 0.5) is 0 Å². The molecule has 0 bridgehead atoms. The average molecular weight is 318 g/mol. The Bertz CT molecular complexity index is 767. The molecule has 3 nitrogen and oxygen atoms in total. The molecule has 0 aliphatic carbocycles. The van der Waals surface area contributed by atoms with Crippen molar-refractivity contribution in [2.24, 2.45) is 4.99 Å². The SMILES string of the molecule is O=C1OC(c2ccccc2)=N/C1=C/c1cccc(Cl)c1Cl. The number of hydrogen-bond donors (Lipinski definition) is 0. The van der Waals surface area contributed by atoms with Crippen LogP contribution in [0.15, 0.2) is 59.2 Å². The molecule has 0 amide bonds. The Morgan fingerprint density at radius 2 is 1.76 bits per heavy atom. The fourth-order valence-corrected chi connectivity index (χ4v) is 2.25. The highest BCUT2D eigenvalue weighted by Crippen LogP contribution is 2.28. The van der Waals surface area contributed by atoms with Crippen LogP contribution in [-0.4, -0.2) is 11.9 Å². The number of benzene rings is 2. The van der Waals surface area contributed by atoms with Crippen LogP contribution in [0.2, 0.25) is 10.0 Å². The molecule has 21 heavy (non-hydrogen) atoms. The normalized spacial score (nSPS) is 16.0. The lowest BCUT2D eigenvalue weighted by Crippen LogP contribution is -2.04. The lowest BCUT2D eigenvalue weighted by Gasteiger charge is -1.99. The molecule has 0 N–H and O–H groups in total. The number of aliphatic imine (C=N–C) groups is 1. The van der Waals surface area contributed by atoms with Gasteiger partial charge in [0, 0.05) is 5.56 Å². The van der Waals surface area contributed by atoms with E-state index in [2.05, 4.69) is 4.99 Å². The molecule has 3 rings (SSSR count). The molecule has 1 aliphatic heterocycles. The number of nitrogens with zero attached hydrogens (tertiary/aromatic N) is 1. The maximum absolute atomic E-state index is 11.9. The Labute approximate surface area is 131 Å². The summed E-state index contributed by atoms with van der Waals surface area (Å²) in [5.74, 6) is -0.227. The van der Waals surface area contributed by atoms with E-state index < -0.39 is 5.97 Å². The van der Waals surface area contributed by atoms with E-state index in [0.717, 1.165) is 5.56 Å². The molecule has 2 aromatic carbocycles. The van der Waals surface area contributed by atoms with E-state index in [9.17, 15) is 4.79 Å². The Morgan fingerprint density at radius 3 is 2.52 bits per heavy atom. The molecule has 0 atom stereocenters. The first-order valence-electron chi connectivity index (χ1n) is 6.17. The summed E-state index contributed by atoms with van der Waals surface area (Å²) in [6.45, 7) is 0. The van der Waals surface area contributed by atoms with Crippen LogP contribution < -0.4 is 0 Å². The summed E-state index contributed by atoms with van der Waals surface area (Å²) in [4.78, 5) is 16.1. The van der Waals surface area contributed by atoms with Crippen LogP contribution in [0.25, 0.3) is 6.08 Å². The molecule has 5 heteroatoms. The van der Waals surface area contributed by atoms with E-state index >= 15 is 0 Å². The zero-order valence-corrected chi connectivity index (χ0v) is 12.2. The van der Waals surface area contributed by atoms with Crippen LogP contribution in [0, 0.1) is 0 Å². The number of cyclic esters (lactones) is 1. The lowest BCUT2D eigenvalue weighted by molar-refractivity contribution is -0.129.